The van der Waals surface area contributed by atoms with E-state index in [1.807, 2.05) is 0 Å². The first-order chi connectivity index (χ1) is 8.86. The van der Waals surface area contributed by atoms with Gasteiger partial charge in [0.25, 0.3) is 0 Å². The zero-order chi connectivity index (χ0) is 14.6. The highest BCUT2D eigenvalue weighted by Crippen LogP contribution is 2.25. The normalized spacial score (nSPS) is 12.0. The molecule has 1 rings (SSSR count). The van der Waals surface area contributed by atoms with E-state index in [1.165, 1.54) is 0 Å². The van der Waals surface area contributed by atoms with Crippen LogP contribution >= 0.6 is 0 Å². The maximum atomic E-state index is 13.4. The standard InChI is InChI=1S/C11H13F2N3O3/c1-6(2-3-14)11(17)15-9-5-10(16(18)19)8(13)4-7(9)12/h4-6H,2-3,14H2,1H3,(H,15,17). The molecule has 0 heterocycles. The molecule has 0 saturated carbocycles. The van der Waals surface area contributed by atoms with Crippen molar-refractivity contribution in [1.29, 1.82) is 0 Å². The highest BCUT2D eigenvalue weighted by atomic mass is 19.1. The van der Waals surface area contributed by atoms with E-state index in [4.69, 9.17) is 5.73 Å². The van der Waals surface area contributed by atoms with Crippen molar-refractivity contribution in [3.63, 3.8) is 0 Å². The van der Waals surface area contributed by atoms with Crippen molar-refractivity contribution in [2.75, 3.05) is 11.9 Å². The number of carbonyl (C=O) groups is 1. The fraction of sp³-hybridized carbons (Fsp3) is 0.364. The molecule has 19 heavy (non-hydrogen) atoms. The first-order valence-corrected chi connectivity index (χ1v) is 5.51. The number of amides is 1. The van der Waals surface area contributed by atoms with Gasteiger partial charge in [0.1, 0.15) is 5.82 Å². The van der Waals surface area contributed by atoms with Crippen LogP contribution in [0.3, 0.4) is 0 Å². The molecule has 0 bridgehead atoms. The molecule has 0 aliphatic heterocycles. The first kappa shape index (κ1) is 15.0. The third-order valence-corrected chi connectivity index (χ3v) is 2.54. The Morgan fingerprint density at radius 3 is 2.63 bits per heavy atom. The molecular formula is C11H13F2N3O3. The SMILES string of the molecule is CC(CCN)C(=O)Nc1cc([N+](=O)[O-])c(F)cc1F. The number of anilines is 1. The molecule has 0 aliphatic rings. The Hall–Kier alpha value is -2.09. The molecule has 1 aromatic carbocycles. The maximum absolute atomic E-state index is 13.4. The van der Waals surface area contributed by atoms with Crippen LogP contribution in [0.15, 0.2) is 12.1 Å². The number of nitrogens with zero attached hydrogens (tertiary/aromatic N) is 1. The van der Waals surface area contributed by atoms with Gasteiger partial charge in [-0.3, -0.25) is 14.9 Å². The summed E-state index contributed by atoms with van der Waals surface area (Å²) in [6.45, 7) is 1.86. The first-order valence-electron chi connectivity index (χ1n) is 5.51. The molecule has 0 radical (unpaired) electrons. The molecule has 1 amide bonds. The second-order valence-corrected chi connectivity index (χ2v) is 4.01. The third kappa shape index (κ3) is 3.68. The minimum absolute atomic E-state index is 0.278. The predicted molar refractivity (Wildman–Crippen MR) is 64.5 cm³/mol. The molecule has 0 spiro atoms. The lowest BCUT2D eigenvalue weighted by molar-refractivity contribution is -0.387. The fourth-order valence-electron chi connectivity index (χ4n) is 1.41. The number of nitro groups is 1. The second-order valence-electron chi connectivity index (χ2n) is 4.01. The lowest BCUT2D eigenvalue weighted by Gasteiger charge is -2.11. The van der Waals surface area contributed by atoms with Gasteiger partial charge in [-0.15, -0.1) is 0 Å². The number of hydrogen-bond acceptors (Lipinski definition) is 4. The average molecular weight is 273 g/mol. The van der Waals surface area contributed by atoms with Crippen LogP contribution in [0, 0.1) is 27.7 Å². The number of carbonyl (C=O) groups excluding carboxylic acids is 1. The molecule has 0 aliphatic carbocycles. The summed E-state index contributed by atoms with van der Waals surface area (Å²) in [5.74, 6) is -3.38. The van der Waals surface area contributed by atoms with Crippen molar-refractivity contribution < 1.29 is 18.5 Å². The molecule has 1 atom stereocenters. The molecule has 1 unspecified atom stereocenters. The van der Waals surface area contributed by atoms with Gasteiger partial charge in [0.05, 0.1) is 10.6 Å². The number of nitrogens with two attached hydrogens (primary N) is 1. The molecule has 0 saturated heterocycles. The van der Waals surface area contributed by atoms with E-state index in [9.17, 15) is 23.7 Å². The van der Waals surface area contributed by atoms with Gasteiger partial charge in [0.2, 0.25) is 11.7 Å². The number of halogens is 2. The number of rotatable bonds is 5. The monoisotopic (exact) mass is 273 g/mol. The van der Waals surface area contributed by atoms with Crippen LogP contribution in [-0.4, -0.2) is 17.4 Å². The van der Waals surface area contributed by atoms with Gasteiger partial charge in [0.15, 0.2) is 0 Å². The van der Waals surface area contributed by atoms with E-state index in [-0.39, 0.29) is 6.54 Å². The summed E-state index contributed by atoms with van der Waals surface area (Å²) in [7, 11) is 0. The molecule has 0 aromatic heterocycles. The Balaban J connectivity index is 2.98. The van der Waals surface area contributed by atoms with E-state index in [0.717, 1.165) is 0 Å². The Labute approximate surface area is 107 Å². The van der Waals surface area contributed by atoms with Gasteiger partial charge in [-0.2, -0.15) is 4.39 Å². The van der Waals surface area contributed by atoms with Crippen molar-refractivity contribution in [3.8, 4) is 0 Å². The van der Waals surface area contributed by atoms with Crippen LogP contribution in [0.25, 0.3) is 0 Å². The smallest absolute Gasteiger partial charge is 0.307 e. The van der Waals surface area contributed by atoms with E-state index in [1.54, 1.807) is 6.92 Å². The van der Waals surface area contributed by atoms with Crippen LogP contribution in [0.4, 0.5) is 20.2 Å². The summed E-state index contributed by atoms with van der Waals surface area (Å²) in [4.78, 5) is 21.2. The van der Waals surface area contributed by atoms with Gasteiger partial charge in [0, 0.05) is 18.1 Å². The van der Waals surface area contributed by atoms with Gasteiger partial charge in [-0.25, -0.2) is 4.39 Å². The van der Waals surface area contributed by atoms with Crippen LogP contribution in [-0.2, 0) is 4.79 Å². The van der Waals surface area contributed by atoms with Crippen molar-refractivity contribution in [1.82, 2.24) is 0 Å². The van der Waals surface area contributed by atoms with Crippen LogP contribution in [0.1, 0.15) is 13.3 Å². The Kier molecular flexibility index (Phi) is 4.87. The van der Waals surface area contributed by atoms with E-state index in [2.05, 4.69) is 5.32 Å². The van der Waals surface area contributed by atoms with E-state index < -0.39 is 39.8 Å². The zero-order valence-electron chi connectivity index (χ0n) is 10.2. The van der Waals surface area contributed by atoms with Crippen molar-refractivity contribution in [2.45, 2.75) is 13.3 Å². The number of benzene rings is 1. The third-order valence-electron chi connectivity index (χ3n) is 2.54. The minimum Gasteiger partial charge on any atom is -0.330 e. The molecule has 104 valence electrons. The highest BCUT2D eigenvalue weighted by molar-refractivity contribution is 5.92. The molecule has 6 nitrogen and oxygen atoms in total. The molecule has 0 fully saturated rings. The van der Waals surface area contributed by atoms with Crippen molar-refractivity contribution >= 4 is 17.3 Å². The summed E-state index contributed by atoms with van der Waals surface area (Å²) in [5.41, 5.74) is 3.95. The number of nitro benzene ring substituents is 1. The quantitative estimate of drug-likeness (QED) is 0.631. The van der Waals surface area contributed by atoms with Gasteiger partial charge >= 0.3 is 5.69 Å². The summed E-state index contributed by atoms with van der Waals surface area (Å²) in [6, 6.07) is 1.01. The molecule has 3 N–H and O–H groups in total. The Morgan fingerprint density at radius 1 is 1.47 bits per heavy atom. The summed E-state index contributed by atoms with van der Waals surface area (Å²) >= 11 is 0. The van der Waals surface area contributed by atoms with Crippen molar-refractivity contribution in [3.05, 3.63) is 33.9 Å². The molecule has 1 aromatic rings. The van der Waals surface area contributed by atoms with Crippen molar-refractivity contribution in [2.24, 2.45) is 11.7 Å². The summed E-state index contributed by atoms with van der Waals surface area (Å²) < 4.78 is 26.5. The summed E-state index contributed by atoms with van der Waals surface area (Å²) in [5, 5.41) is 12.7. The topological polar surface area (TPSA) is 98.3 Å². The van der Waals surface area contributed by atoms with Gasteiger partial charge < -0.3 is 11.1 Å². The second kappa shape index (κ2) is 6.19. The Morgan fingerprint density at radius 2 is 2.11 bits per heavy atom. The predicted octanol–water partition coefficient (Wildman–Crippen LogP) is 1.80. The maximum Gasteiger partial charge on any atom is 0.307 e. The van der Waals surface area contributed by atoms with E-state index in [0.29, 0.717) is 18.6 Å². The fourth-order valence-corrected chi connectivity index (χ4v) is 1.41. The van der Waals surface area contributed by atoms with Crippen LogP contribution < -0.4 is 11.1 Å². The number of hydrogen-bond donors (Lipinski definition) is 2. The summed E-state index contributed by atoms with van der Waals surface area (Å²) in [6.07, 6.45) is 0.386. The number of nitrogens with one attached hydrogen (secondary N) is 1. The highest BCUT2D eigenvalue weighted by Gasteiger charge is 2.21. The largest absolute Gasteiger partial charge is 0.330 e. The Bertz CT molecular complexity index is 508. The van der Waals surface area contributed by atoms with E-state index >= 15 is 0 Å². The van der Waals surface area contributed by atoms with Gasteiger partial charge in [-0.05, 0) is 13.0 Å². The van der Waals surface area contributed by atoms with Crippen LogP contribution in [0.5, 0.6) is 0 Å². The molecular weight excluding hydrogens is 260 g/mol. The van der Waals surface area contributed by atoms with Gasteiger partial charge in [-0.1, -0.05) is 6.92 Å². The average Bonchev–Trinajstić information content (AvgIpc) is 2.32. The lowest BCUT2D eigenvalue weighted by Crippen LogP contribution is -2.23. The van der Waals surface area contributed by atoms with Crippen LogP contribution in [0.2, 0.25) is 0 Å². The lowest BCUT2D eigenvalue weighted by atomic mass is 10.1. The zero-order valence-corrected chi connectivity index (χ0v) is 10.2. The minimum atomic E-state index is -1.30. The molecule has 8 heteroatoms.